The van der Waals surface area contributed by atoms with Gasteiger partial charge in [-0.15, -0.1) is 0 Å². The molecule has 1 aromatic rings. The molecule has 12 heavy (non-hydrogen) atoms. The molecule has 0 saturated heterocycles. The minimum Gasteiger partial charge on any atom is -0.349 e. The largest absolute Gasteiger partial charge is 0.349 e. The maximum Gasteiger partial charge on any atom is 0.0498 e. The molecule has 1 N–H and O–H groups in total. The van der Waals surface area contributed by atoms with Crippen molar-refractivity contribution in [3.8, 4) is 0 Å². The normalized spacial score (nSPS) is 22.8. The molecular formula is C10H16N2. The molecule has 0 fully saturated rings. The maximum absolute atomic E-state index is 3.54. The molecule has 0 bridgehead atoms. The molecule has 2 heteroatoms. The average molecular weight is 164 g/mol. The second kappa shape index (κ2) is 2.94. The Labute approximate surface area is 73.6 Å². The first-order valence-corrected chi connectivity index (χ1v) is 4.67. The van der Waals surface area contributed by atoms with Crippen molar-refractivity contribution in [2.45, 2.75) is 26.4 Å². The molecule has 0 saturated carbocycles. The maximum atomic E-state index is 3.54. The molecule has 1 aromatic heterocycles. The van der Waals surface area contributed by atoms with E-state index < -0.39 is 0 Å². The second-order valence-corrected chi connectivity index (χ2v) is 3.80. The number of aromatic nitrogens is 1. The van der Waals surface area contributed by atoms with Crippen LogP contribution >= 0.6 is 0 Å². The summed E-state index contributed by atoms with van der Waals surface area (Å²) in [5.41, 5.74) is 1.44. The summed E-state index contributed by atoms with van der Waals surface area (Å²) in [5, 5.41) is 3.54. The third-order valence-corrected chi connectivity index (χ3v) is 2.57. The first kappa shape index (κ1) is 7.87. The van der Waals surface area contributed by atoms with Crippen LogP contribution in [0.2, 0.25) is 0 Å². The Balaban J connectivity index is 2.31. The van der Waals surface area contributed by atoms with Gasteiger partial charge in [0.05, 0.1) is 0 Å². The van der Waals surface area contributed by atoms with Gasteiger partial charge in [0.1, 0.15) is 0 Å². The van der Waals surface area contributed by atoms with Gasteiger partial charge in [-0.1, -0.05) is 13.8 Å². The Morgan fingerprint density at radius 2 is 2.42 bits per heavy atom. The van der Waals surface area contributed by atoms with Gasteiger partial charge in [-0.2, -0.15) is 0 Å². The first-order valence-electron chi connectivity index (χ1n) is 4.67. The van der Waals surface area contributed by atoms with E-state index in [0.717, 1.165) is 13.1 Å². The number of hydrogen-bond donors (Lipinski definition) is 1. The highest BCUT2D eigenvalue weighted by atomic mass is 15.1. The summed E-state index contributed by atoms with van der Waals surface area (Å²) < 4.78 is 2.35. The van der Waals surface area contributed by atoms with E-state index in [4.69, 9.17) is 0 Å². The second-order valence-electron chi connectivity index (χ2n) is 3.80. The van der Waals surface area contributed by atoms with Gasteiger partial charge in [-0.25, -0.2) is 0 Å². The van der Waals surface area contributed by atoms with E-state index in [0.29, 0.717) is 12.0 Å². The number of nitrogens with one attached hydrogen (secondary N) is 1. The van der Waals surface area contributed by atoms with Gasteiger partial charge in [0.2, 0.25) is 0 Å². The minimum absolute atomic E-state index is 0.550. The highest BCUT2D eigenvalue weighted by Crippen LogP contribution is 2.24. The van der Waals surface area contributed by atoms with Crippen molar-refractivity contribution in [3.63, 3.8) is 0 Å². The summed E-state index contributed by atoms with van der Waals surface area (Å²) >= 11 is 0. The van der Waals surface area contributed by atoms with Crippen molar-refractivity contribution in [1.29, 1.82) is 0 Å². The third kappa shape index (κ3) is 1.16. The highest BCUT2D eigenvalue weighted by Gasteiger charge is 2.21. The minimum atomic E-state index is 0.550. The van der Waals surface area contributed by atoms with Crippen LogP contribution in [0, 0.1) is 5.92 Å². The van der Waals surface area contributed by atoms with Crippen LogP contribution in [0.3, 0.4) is 0 Å². The Bertz CT molecular complexity index is 263. The zero-order chi connectivity index (χ0) is 8.55. The standard InChI is InChI=1S/C10H16N2/c1-8(2)10-9-4-3-6-12(9)7-5-11-10/h3-4,6,8,10-11H,5,7H2,1-2H3/t10-/m1/s1. The lowest BCUT2D eigenvalue weighted by molar-refractivity contribution is 0.347. The molecule has 0 amide bonds. The fourth-order valence-electron chi connectivity index (χ4n) is 1.94. The molecule has 1 aliphatic rings. The van der Waals surface area contributed by atoms with Crippen LogP contribution in [-0.4, -0.2) is 11.1 Å². The van der Waals surface area contributed by atoms with Crippen molar-refractivity contribution in [3.05, 3.63) is 24.0 Å². The summed E-state index contributed by atoms with van der Waals surface area (Å²) in [4.78, 5) is 0. The van der Waals surface area contributed by atoms with E-state index in [-0.39, 0.29) is 0 Å². The Hall–Kier alpha value is -0.760. The molecule has 66 valence electrons. The first-order chi connectivity index (χ1) is 5.79. The molecule has 2 rings (SSSR count). The topological polar surface area (TPSA) is 17.0 Å². The van der Waals surface area contributed by atoms with Crippen LogP contribution in [0.1, 0.15) is 25.6 Å². The van der Waals surface area contributed by atoms with E-state index in [9.17, 15) is 0 Å². The monoisotopic (exact) mass is 164 g/mol. The van der Waals surface area contributed by atoms with Gasteiger partial charge in [0, 0.05) is 31.0 Å². The van der Waals surface area contributed by atoms with Crippen molar-refractivity contribution >= 4 is 0 Å². The summed E-state index contributed by atoms with van der Waals surface area (Å²) in [7, 11) is 0. The average Bonchev–Trinajstić information content (AvgIpc) is 2.49. The molecule has 0 spiro atoms. The predicted molar refractivity (Wildman–Crippen MR) is 50.0 cm³/mol. The van der Waals surface area contributed by atoms with Crippen LogP contribution in [0.25, 0.3) is 0 Å². The van der Waals surface area contributed by atoms with E-state index >= 15 is 0 Å². The molecule has 2 heterocycles. The van der Waals surface area contributed by atoms with Crippen molar-refractivity contribution in [2.24, 2.45) is 5.92 Å². The molecule has 0 unspecified atom stereocenters. The van der Waals surface area contributed by atoms with Gasteiger partial charge in [0.15, 0.2) is 0 Å². The SMILES string of the molecule is CC(C)[C@H]1NCCn2cccc21. The van der Waals surface area contributed by atoms with Gasteiger partial charge < -0.3 is 9.88 Å². The van der Waals surface area contributed by atoms with E-state index in [1.54, 1.807) is 0 Å². The summed E-state index contributed by atoms with van der Waals surface area (Å²) in [6.07, 6.45) is 2.17. The Kier molecular flexibility index (Phi) is 1.93. The fraction of sp³-hybridized carbons (Fsp3) is 0.600. The fourth-order valence-corrected chi connectivity index (χ4v) is 1.94. The van der Waals surface area contributed by atoms with E-state index in [1.807, 2.05) is 0 Å². The smallest absolute Gasteiger partial charge is 0.0498 e. The van der Waals surface area contributed by atoms with Crippen molar-refractivity contribution in [1.82, 2.24) is 9.88 Å². The number of rotatable bonds is 1. The summed E-state index contributed by atoms with van der Waals surface area (Å²) in [5.74, 6) is 0.680. The van der Waals surface area contributed by atoms with Crippen LogP contribution < -0.4 is 5.32 Å². The van der Waals surface area contributed by atoms with Gasteiger partial charge in [-0.05, 0) is 18.1 Å². The van der Waals surface area contributed by atoms with Crippen LogP contribution in [0.5, 0.6) is 0 Å². The number of nitrogens with zero attached hydrogens (tertiary/aromatic N) is 1. The summed E-state index contributed by atoms with van der Waals surface area (Å²) in [6.45, 7) is 6.75. The van der Waals surface area contributed by atoms with Crippen LogP contribution in [-0.2, 0) is 6.54 Å². The Morgan fingerprint density at radius 3 is 3.17 bits per heavy atom. The molecule has 0 aromatic carbocycles. The molecule has 1 aliphatic heterocycles. The van der Waals surface area contributed by atoms with Gasteiger partial charge in [-0.3, -0.25) is 0 Å². The van der Waals surface area contributed by atoms with E-state index in [2.05, 4.69) is 42.1 Å². The molecule has 1 atom stereocenters. The van der Waals surface area contributed by atoms with Crippen LogP contribution in [0.15, 0.2) is 18.3 Å². The van der Waals surface area contributed by atoms with Gasteiger partial charge in [0.25, 0.3) is 0 Å². The zero-order valence-electron chi connectivity index (χ0n) is 7.75. The predicted octanol–water partition coefficient (Wildman–Crippen LogP) is 1.79. The van der Waals surface area contributed by atoms with Crippen molar-refractivity contribution in [2.75, 3.05) is 6.54 Å². The molecule has 0 aliphatic carbocycles. The zero-order valence-corrected chi connectivity index (χ0v) is 7.75. The molecule has 0 radical (unpaired) electrons. The number of hydrogen-bond acceptors (Lipinski definition) is 1. The van der Waals surface area contributed by atoms with Crippen molar-refractivity contribution < 1.29 is 0 Å². The lowest BCUT2D eigenvalue weighted by atomic mass is 10.00. The molecular weight excluding hydrogens is 148 g/mol. The third-order valence-electron chi connectivity index (χ3n) is 2.57. The molecule has 2 nitrogen and oxygen atoms in total. The lowest BCUT2D eigenvalue weighted by Crippen LogP contribution is -2.35. The quantitative estimate of drug-likeness (QED) is 0.669. The van der Waals surface area contributed by atoms with Crippen LogP contribution in [0.4, 0.5) is 0 Å². The Morgan fingerprint density at radius 1 is 1.58 bits per heavy atom. The van der Waals surface area contributed by atoms with E-state index in [1.165, 1.54) is 5.69 Å². The van der Waals surface area contributed by atoms with Gasteiger partial charge >= 0.3 is 0 Å². The summed E-state index contributed by atoms with van der Waals surface area (Å²) in [6, 6.07) is 4.91. The lowest BCUT2D eigenvalue weighted by Gasteiger charge is -2.29. The highest BCUT2D eigenvalue weighted by molar-refractivity contribution is 5.14. The number of fused-ring (bicyclic) bond motifs is 1.